The molecule has 10 nitrogen and oxygen atoms in total. The highest BCUT2D eigenvalue weighted by Gasteiger charge is 2.20. The molecule has 0 spiro atoms. The third-order valence-electron chi connectivity index (χ3n) is 7.05. The van der Waals surface area contributed by atoms with Gasteiger partial charge in [0.2, 0.25) is 8.03 Å². The van der Waals surface area contributed by atoms with Crippen LogP contribution in [-0.4, -0.2) is 43.7 Å². The molecular formula is C33H39N2O8PS. The number of aliphatic hydroxyl groups excluding tert-OH is 1. The van der Waals surface area contributed by atoms with E-state index < -0.39 is 24.2 Å². The Labute approximate surface area is 264 Å². The minimum absolute atomic E-state index is 0. The van der Waals surface area contributed by atoms with Crippen LogP contribution in [0.2, 0.25) is 0 Å². The second kappa shape index (κ2) is 15.4. The van der Waals surface area contributed by atoms with Gasteiger partial charge in [0.15, 0.2) is 0 Å². The summed E-state index contributed by atoms with van der Waals surface area (Å²) in [6.45, 7) is 2.66. The van der Waals surface area contributed by atoms with Crippen LogP contribution in [0.4, 0.5) is 5.69 Å². The molecule has 1 heterocycles. The van der Waals surface area contributed by atoms with Crippen molar-refractivity contribution < 1.29 is 37.2 Å². The number of anilines is 1. The minimum Gasteiger partial charge on any atom is -0.489 e. The van der Waals surface area contributed by atoms with Crippen molar-refractivity contribution in [2.24, 2.45) is 0 Å². The van der Waals surface area contributed by atoms with Crippen molar-refractivity contribution in [1.82, 2.24) is 5.32 Å². The molecule has 4 bridgehead atoms. The zero-order valence-electron chi connectivity index (χ0n) is 24.1. The number of nitrogens with one attached hydrogen (secondary N) is 2. The molecule has 4 aromatic rings. The van der Waals surface area contributed by atoms with E-state index >= 15 is 0 Å². The first-order chi connectivity index (χ1) is 21.2. The second-order valence-electron chi connectivity index (χ2n) is 10.6. The van der Waals surface area contributed by atoms with Gasteiger partial charge in [0.25, 0.3) is 10.0 Å². The van der Waals surface area contributed by atoms with E-state index in [9.17, 15) is 23.0 Å². The molecule has 0 saturated heterocycles. The molecule has 4 N–H and O–H groups in total. The average molecular weight is 655 g/mol. The van der Waals surface area contributed by atoms with Crippen molar-refractivity contribution in [2.75, 3.05) is 17.9 Å². The Morgan fingerprint density at radius 3 is 2.56 bits per heavy atom. The van der Waals surface area contributed by atoms with Gasteiger partial charge in [0.05, 0.1) is 10.6 Å². The number of ether oxygens (including phenoxy) is 3. The smallest absolute Gasteiger partial charge is 0.262 e. The highest BCUT2D eigenvalue weighted by Crippen LogP contribution is 2.33. The first-order valence-electron chi connectivity index (χ1n) is 14.1. The van der Waals surface area contributed by atoms with Gasteiger partial charge in [0.1, 0.15) is 43.2 Å². The zero-order chi connectivity index (χ0) is 31.1. The standard InChI is InChI=1S/C32H35N2O8PS.CH4/c1-22(15-23-9-11-27(12-10-23)41-20-25-6-2-3-8-32(25)43(36)37)33-18-26(35)21-42-31-14-13-28-17-30(31)34-44(38,39)29-7-4-5-24(16-29)19-40-28;/h2-14,16-17,22,26,33-35,43H,15,18-21H2,1H3,(H,36,37);1H4. The number of hydrogen-bond acceptors (Lipinski definition) is 8. The molecule has 0 aromatic heterocycles. The summed E-state index contributed by atoms with van der Waals surface area (Å²) in [6.07, 6.45) is -0.139. The lowest BCUT2D eigenvalue weighted by atomic mass is 10.1. The van der Waals surface area contributed by atoms with Gasteiger partial charge in [-0.3, -0.25) is 9.29 Å². The molecule has 4 aromatic carbocycles. The summed E-state index contributed by atoms with van der Waals surface area (Å²) < 4.78 is 57.5. The maximum Gasteiger partial charge on any atom is 0.262 e. The first-order valence-corrected chi connectivity index (χ1v) is 17.0. The Hall–Kier alpha value is -3.86. The molecule has 240 valence electrons. The topological polar surface area (TPSA) is 143 Å². The number of aliphatic hydroxyl groups is 1. The van der Waals surface area contributed by atoms with E-state index in [0.29, 0.717) is 28.8 Å². The Morgan fingerprint density at radius 2 is 1.78 bits per heavy atom. The van der Waals surface area contributed by atoms with Crippen LogP contribution in [0.1, 0.15) is 31.0 Å². The zero-order valence-corrected chi connectivity index (χ0v) is 25.9. The maximum atomic E-state index is 13.0. The number of hydrogen-bond donors (Lipinski definition) is 4. The largest absolute Gasteiger partial charge is 0.489 e. The average Bonchev–Trinajstić information content (AvgIpc) is 3.01. The van der Waals surface area contributed by atoms with Crippen molar-refractivity contribution >= 4 is 29.0 Å². The summed E-state index contributed by atoms with van der Waals surface area (Å²) in [5.74, 6) is 1.42. The van der Waals surface area contributed by atoms with E-state index in [1.807, 2.05) is 37.3 Å². The van der Waals surface area contributed by atoms with Crippen LogP contribution in [0.5, 0.6) is 17.2 Å². The normalized spacial score (nSPS) is 15.3. The van der Waals surface area contributed by atoms with Gasteiger partial charge in [0, 0.05) is 29.5 Å². The molecule has 1 aliphatic heterocycles. The van der Waals surface area contributed by atoms with Crippen molar-refractivity contribution in [3.63, 3.8) is 0 Å². The number of fused-ring (bicyclic) bond motifs is 4. The lowest BCUT2D eigenvalue weighted by Gasteiger charge is -2.20. The molecule has 5 rings (SSSR count). The summed E-state index contributed by atoms with van der Waals surface area (Å²) in [6, 6.07) is 26.1. The van der Waals surface area contributed by atoms with E-state index in [2.05, 4.69) is 10.0 Å². The Bertz CT molecular complexity index is 1720. The van der Waals surface area contributed by atoms with Crippen molar-refractivity contribution in [3.8, 4) is 17.2 Å². The monoisotopic (exact) mass is 654 g/mol. The highest BCUT2D eigenvalue weighted by atomic mass is 32.2. The molecule has 0 amide bonds. The van der Waals surface area contributed by atoms with Crippen molar-refractivity contribution in [3.05, 3.63) is 108 Å². The molecule has 2 unspecified atom stereocenters. The van der Waals surface area contributed by atoms with Crippen LogP contribution in [0.15, 0.2) is 95.9 Å². The second-order valence-corrected chi connectivity index (χ2v) is 13.4. The lowest BCUT2D eigenvalue weighted by molar-refractivity contribution is 0.104. The minimum atomic E-state index is -3.84. The van der Waals surface area contributed by atoms with Gasteiger partial charge in [-0.05, 0) is 66.9 Å². The summed E-state index contributed by atoms with van der Waals surface area (Å²) in [5.41, 5.74) is 2.72. The van der Waals surface area contributed by atoms with E-state index in [4.69, 9.17) is 14.2 Å². The number of sulfonamides is 1. The lowest BCUT2D eigenvalue weighted by Crippen LogP contribution is -2.37. The van der Waals surface area contributed by atoms with Crippen LogP contribution in [0, 0.1) is 0 Å². The SMILES string of the molecule is C.CC(Cc1ccc(OCc2ccccc2[P@H](=O)O)cc1)NCC(O)COc1ccc2cc1NS(=O)(=O)c1cccc(c1)CO2. The number of benzene rings is 4. The molecule has 45 heavy (non-hydrogen) atoms. The van der Waals surface area contributed by atoms with Crippen LogP contribution in [0.25, 0.3) is 0 Å². The molecule has 1 aliphatic rings. The Kier molecular flexibility index (Phi) is 11.7. The summed E-state index contributed by atoms with van der Waals surface area (Å²) in [7, 11) is -6.65. The first kappa shape index (κ1) is 34.0. The van der Waals surface area contributed by atoms with E-state index in [1.165, 1.54) is 6.07 Å². The van der Waals surface area contributed by atoms with Gasteiger partial charge in [-0.15, -0.1) is 0 Å². The predicted molar refractivity (Wildman–Crippen MR) is 175 cm³/mol. The van der Waals surface area contributed by atoms with Crippen molar-refractivity contribution in [1.29, 1.82) is 0 Å². The third-order valence-corrected chi connectivity index (χ3v) is 9.36. The van der Waals surface area contributed by atoms with E-state index in [0.717, 1.165) is 11.1 Å². The fourth-order valence-corrected chi connectivity index (χ4v) is 6.52. The molecule has 12 heteroatoms. The number of rotatable bonds is 12. The fourth-order valence-electron chi connectivity index (χ4n) is 4.72. The fraction of sp³-hybridized carbons (Fsp3) is 0.273. The summed E-state index contributed by atoms with van der Waals surface area (Å²) in [4.78, 5) is 9.65. The molecule has 0 saturated carbocycles. The van der Waals surface area contributed by atoms with E-state index in [-0.39, 0.29) is 56.2 Å². The molecule has 0 fully saturated rings. The Morgan fingerprint density at radius 1 is 1.00 bits per heavy atom. The highest BCUT2D eigenvalue weighted by molar-refractivity contribution is 7.92. The maximum absolute atomic E-state index is 13.0. The Balaban J connectivity index is 0.00000461. The van der Waals surface area contributed by atoms with Crippen LogP contribution in [0.3, 0.4) is 0 Å². The van der Waals surface area contributed by atoms with Crippen LogP contribution in [-0.2, 0) is 34.2 Å². The van der Waals surface area contributed by atoms with Gasteiger partial charge in [-0.25, -0.2) is 8.42 Å². The van der Waals surface area contributed by atoms with Gasteiger partial charge in [-0.2, -0.15) is 0 Å². The van der Waals surface area contributed by atoms with Crippen LogP contribution >= 0.6 is 8.03 Å². The molecule has 0 radical (unpaired) electrons. The van der Waals surface area contributed by atoms with Crippen LogP contribution < -0.4 is 29.6 Å². The van der Waals surface area contributed by atoms with Gasteiger partial charge in [-0.1, -0.05) is 49.9 Å². The summed E-state index contributed by atoms with van der Waals surface area (Å²) in [5, 5.41) is 14.3. The van der Waals surface area contributed by atoms with Crippen molar-refractivity contribution in [2.45, 2.75) is 51.0 Å². The molecular weight excluding hydrogens is 615 g/mol. The molecule has 3 atom stereocenters. The van der Waals surface area contributed by atoms with Gasteiger partial charge >= 0.3 is 0 Å². The van der Waals surface area contributed by atoms with E-state index in [1.54, 1.807) is 54.6 Å². The summed E-state index contributed by atoms with van der Waals surface area (Å²) >= 11 is 0. The molecule has 0 aliphatic carbocycles. The predicted octanol–water partition coefficient (Wildman–Crippen LogP) is 4.65. The van der Waals surface area contributed by atoms with Gasteiger partial charge < -0.3 is 29.5 Å². The third kappa shape index (κ3) is 9.32. The quantitative estimate of drug-likeness (QED) is 0.161.